The van der Waals surface area contributed by atoms with E-state index in [-0.39, 0.29) is 0 Å². The normalized spacial score (nSPS) is 13.2. The van der Waals surface area contributed by atoms with Gasteiger partial charge in [-0.1, -0.05) is 13.0 Å². The van der Waals surface area contributed by atoms with Crippen molar-refractivity contribution in [1.82, 2.24) is 5.32 Å². The molecule has 1 aromatic rings. The van der Waals surface area contributed by atoms with Crippen LogP contribution in [0.15, 0.2) is 18.2 Å². The maximum atomic E-state index is 12.9. The Bertz CT molecular complexity index is 462. The summed E-state index contributed by atoms with van der Waals surface area (Å²) in [6.07, 6.45) is -4.14. The summed E-state index contributed by atoms with van der Waals surface area (Å²) in [5, 5.41) is 0.881. The van der Waals surface area contributed by atoms with E-state index >= 15 is 0 Å². The number of halogens is 5. The van der Waals surface area contributed by atoms with Gasteiger partial charge in [-0.05, 0) is 24.1 Å². The second-order valence-electron chi connectivity index (χ2n) is 3.88. The number of hydrogen-bond acceptors (Lipinski definition) is 1. The summed E-state index contributed by atoms with van der Waals surface area (Å²) in [4.78, 5) is 11.6. The fourth-order valence-corrected chi connectivity index (χ4v) is 1.74. The number of amides is 1. The van der Waals surface area contributed by atoms with Crippen LogP contribution in [0, 0.1) is 5.82 Å². The van der Waals surface area contributed by atoms with Gasteiger partial charge in [0.25, 0.3) is 0 Å². The summed E-state index contributed by atoms with van der Waals surface area (Å²) in [5.74, 6) is -1.77. The second kappa shape index (κ2) is 6.23. The van der Waals surface area contributed by atoms with Crippen LogP contribution in [0.4, 0.5) is 17.6 Å². The number of carbonyl (C=O) groups is 1. The molecule has 0 aliphatic rings. The minimum atomic E-state index is -4.77. The Hall–Kier alpha value is -1.30. The molecular weight excluding hydrogens is 286 g/mol. The highest BCUT2D eigenvalue weighted by Crippen LogP contribution is 2.37. The number of carbonyl (C=O) groups excluding carboxylic acids is 1. The van der Waals surface area contributed by atoms with Crippen molar-refractivity contribution in [2.24, 2.45) is 0 Å². The fraction of sp³-hybridized carbons (Fsp3) is 0.417. The van der Waals surface area contributed by atoms with E-state index in [2.05, 4.69) is 5.32 Å². The van der Waals surface area contributed by atoms with Crippen molar-refractivity contribution in [3.8, 4) is 0 Å². The molecule has 0 saturated heterocycles. The van der Waals surface area contributed by atoms with E-state index in [4.69, 9.17) is 11.6 Å². The summed E-state index contributed by atoms with van der Waals surface area (Å²) in [7, 11) is 0. The van der Waals surface area contributed by atoms with Crippen LogP contribution in [0.2, 0.25) is 0 Å². The van der Waals surface area contributed by atoms with Gasteiger partial charge in [0.05, 0.1) is 5.56 Å². The molecule has 0 heterocycles. The summed E-state index contributed by atoms with van der Waals surface area (Å²) in [5.41, 5.74) is -1.69. The lowest BCUT2D eigenvalue weighted by atomic mass is 10.0. The maximum absolute atomic E-state index is 12.9. The fourth-order valence-electron chi connectivity index (χ4n) is 1.47. The molecule has 1 rings (SSSR count). The molecular formula is C12H12ClF4NO. The third-order valence-corrected chi connectivity index (χ3v) is 2.81. The molecule has 1 aromatic carbocycles. The standard InChI is InChI=1S/C12H12ClF4NO/c1-2-5-18-11(19)10(13)8-4-3-7(14)6-9(8)12(15,16)17/h3-4,6,10H,2,5H2,1H3,(H,18,19). The van der Waals surface area contributed by atoms with Gasteiger partial charge < -0.3 is 5.32 Å². The average Bonchev–Trinajstić information content (AvgIpc) is 2.34. The van der Waals surface area contributed by atoms with E-state index in [0.29, 0.717) is 19.0 Å². The summed E-state index contributed by atoms with van der Waals surface area (Å²) >= 11 is 5.72. The highest BCUT2D eigenvalue weighted by Gasteiger charge is 2.36. The van der Waals surface area contributed by atoms with Crippen molar-refractivity contribution in [3.05, 3.63) is 35.1 Å². The van der Waals surface area contributed by atoms with Gasteiger partial charge in [0.15, 0.2) is 0 Å². The van der Waals surface area contributed by atoms with E-state index in [1.807, 2.05) is 0 Å². The molecule has 0 radical (unpaired) electrons. The Balaban J connectivity index is 3.09. The van der Waals surface area contributed by atoms with Crippen molar-refractivity contribution in [2.45, 2.75) is 24.9 Å². The lowest BCUT2D eigenvalue weighted by molar-refractivity contribution is -0.138. The SMILES string of the molecule is CCCNC(=O)C(Cl)c1ccc(F)cc1C(F)(F)F. The van der Waals surface area contributed by atoms with E-state index in [9.17, 15) is 22.4 Å². The molecule has 1 atom stereocenters. The van der Waals surface area contributed by atoms with E-state index < -0.39 is 34.4 Å². The Morgan fingerprint density at radius 3 is 2.58 bits per heavy atom. The van der Waals surface area contributed by atoms with Crippen molar-refractivity contribution >= 4 is 17.5 Å². The first-order valence-electron chi connectivity index (χ1n) is 5.55. The van der Waals surface area contributed by atoms with Gasteiger partial charge in [-0.2, -0.15) is 13.2 Å². The number of alkyl halides is 4. The molecule has 7 heteroatoms. The van der Waals surface area contributed by atoms with Gasteiger partial charge >= 0.3 is 6.18 Å². The monoisotopic (exact) mass is 297 g/mol. The molecule has 0 fully saturated rings. The molecule has 19 heavy (non-hydrogen) atoms. The number of rotatable bonds is 4. The van der Waals surface area contributed by atoms with Crippen LogP contribution in [0.5, 0.6) is 0 Å². The van der Waals surface area contributed by atoms with Crippen LogP contribution in [-0.4, -0.2) is 12.5 Å². The second-order valence-corrected chi connectivity index (χ2v) is 4.32. The van der Waals surface area contributed by atoms with Crippen LogP contribution in [-0.2, 0) is 11.0 Å². The minimum Gasteiger partial charge on any atom is -0.355 e. The molecule has 0 bridgehead atoms. The number of hydrogen-bond donors (Lipinski definition) is 1. The number of nitrogens with one attached hydrogen (secondary N) is 1. The first kappa shape index (κ1) is 15.8. The van der Waals surface area contributed by atoms with Gasteiger partial charge in [-0.25, -0.2) is 4.39 Å². The summed E-state index contributed by atoms with van der Waals surface area (Å²) in [6, 6.07) is 2.05. The minimum absolute atomic E-state index is 0.310. The third-order valence-electron chi connectivity index (χ3n) is 2.37. The molecule has 1 N–H and O–H groups in total. The van der Waals surface area contributed by atoms with Crippen molar-refractivity contribution in [2.75, 3.05) is 6.54 Å². The van der Waals surface area contributed by atoms with Crippen LogP contribution < -0.4 is 5.32 Å². The lowest BCUT2D eigenvalue weighted by Crippen LogP contribution is -2.28. The zero-order valence-electron chi connectivity index (χ0n) is 10.0. The van der Waals surface area contributed by atoms with Gasteiger partial charge in [-0.3, -0.25) is 4.79 Å². The van der Waals surface area contributed by atoms with Crippen LogP contribution in [0.1, 0.15) is 29.8 Å². The number of benzene rings is 1. The summed E-state index contributed by atoms with van der Waals surface area (Å²) < 4.78 is 51.1. The van der Waals surface area contributed by atoms with Crippen LogP contribution in [0.3, 0.4) is 0 Å². The largest absolute Gasteiger partial charge is 0.416 e. The molecule has 0 aliphatic heterocycles. The van der Waals surface area contributed by atoms with Gasteiger partial charge in [0.2, 0.25) is 5.91 Å². The predicted octanol–water partition coefficient (Wildman–Crippen LogP) is 3.65. The topological polar surface area (TPSA) is 29.1 Å². The highest BCUT2D eigenvalue weighted by atomic mass is 35.5. The first-order valence-corrected chi connectivity index (χ1v) is 5.99. The molecule has 1 amide bonds. The zero-order valence-corrected chi connectivity index (χ0v) is 10.8. The van der Waals surface area contributed by atoms with Crippen LogP contribution in [0.25, 0.3) is 0 Å². The molecule has 2 nitrogen and oxygen atoms in total. The average molecular weight is 298 g/mol. The van der Waals surface area contributed by atoms with Crippen molar-refractivity contribution < 1.29 is 22.4 Å². The van der Waals surface area contributed by atoms with E-state index in [1.54, 1.807) is 6.92 Å². The zero-order chi connectivity index (χ0) is 14.6. The molecule has 0 saturated carbocycles. The lowest BCUT2D eigenvalue weighted by Gasteiger charge is -2.16. The van der Waals surface area contributed by atoms with Gasteiger partial charge in [-0.15, -0.1) is 11.6 Å². The smallest absolute Gasteiger partial charge is 0.355 e. The van der Waals surface area contributed by atoms with E-state index in [1.165, 1.54) is 0 Å². The predicted molar refractivity (Wildman–Crippen MR) is 63.3 cm³/mol. The Kier molecular flexibility index (Phi) is 5.17. The van der Waals surface area contributed by atoms with Crippen LogP contribution >= 0.6 is 11.6 Å². The van der Waals surface area contributed by atoms with Crippen molar-refractivity contribution in [1.29, 1.82) is 0 Å². The quantitative estimate of drug-likeness (QED) is 0.667. The summed E-state index contributed by atoms with van der Waals surface area (Å²) in [6.45, 7) is 2.10. The molecule has 1 unspecified atom stereocenters. The third kappa shape index (κ3) is 4.09. The van der Waals surface area contributed by atoms with Gasteiger partial charge in [0.1, 0.15) is 11.2 Å². The molecule has 0 aliphatic carbocycles. The van der Waals surface area contributed by atoms with Gasteiger partial charge in [0, 0.05) is 6.54 Å². The molecule has 0 spiro atoms. The Morgan fingerprint density at radius 1 is 1.42 bits per heavy atom. The Morgan fingerprint density at radius 2 is 2.05 bits per heavy atom. The molecule has 0 aromatic heterocycles. The van der Waals surface area contributed by atoms with Crippen molar-refractivity contribution in [3.63, 3.8) is 0 Å². The Labute approximate surface area is 112 Å². The van der Waals surface area contributed by atoms with E-state index in [0.717, 1.165) is 12.1 Å². The molecule has 106 valence electrons. The maximum Gasteiger partial charge on any atom is 0.416 e. The highest BCUT2D eigenvalue weighted by molar-refractivity contribution is 6.30. The first-order chi connectivity index (χ1) is 8.77.